The van der Waals surface area contributed by atoms with Gasteiger partial charge in [-0.1, -0.05) is 37.3 Å². The molecule has 3 heterocycles. The van der Waals surface area contributed by atoms with Gasteiger partial charge in [0.15, 0.2) is 17.0 Å². The predicted molar refractivity (Wildman–Crippen MR) is 149 cm³/mol. The molecule has 2 N–H and O–H groups in total. The Balaban J connectivity index is 1.47. The highest BCUT2D eigenvalue weighted by atomic mass is 31.2. The Morgan fingerprint density at radius 1 is 1.15 bits per heavy atom. The van der Waals surface area contributed by atoms with Crippen molar-refractivity contribution < 1.29 is 23.4 Å². The summed E-state index contributed by atoms with van der Waals surface area (Å²) in [5, 5.41) is 6.23. The minimum absolute atomic E-state index is 0.103. The molecule has 2 aromatic heterocycles. The Kier molecular flexibility index (Phi) is 9.38. The van der Waals surface area contributed by atoms with E-state index in [0.29, 0.717) is 23.4 Å². The predicted octanol–water partition coefficient (Wildman–Crippen LogP) is 4.91. The number of aromatic nitrogens is 4. The number of imidazole rings is 1. The van der Waals surface area contributed by atoms with Crippen molar-refractivity contribution in [2.24, 2.45) is 5.92 Å². The van der Waals surface area contributed by atoms with Crippen molar-refractivity contribution in [1.82, 2.24) is 24.6 Å². The van der Waals surface area contributed by atoms with Gasteiger partial charge < -0.3 is 19.3 Å². The van der Waals surface area contributed by atoms with Crippen molar-refractivity contribution in [3.63, 3.8) is 0 Å². The third kappa shape index (κ3) is 7.42. The molecule has 0 saturated carbocycles. The molecule has 0 spiro atoms. The highest BCUT2D eigenvalue weighted by Crippen LogP contribution is 2.48. The van der Waals surface area contributed by atoms with Crippen molar-refractivity contribution in [2.45, 2.75) is 84.6 Å². The van der Waals surface area contributed by atoms with Gasteiger partial charge in [-0.2, -0.15) is 0 Å². The van der Waals surface area contributed by atoms with Crippen LogP contribution in [0, 0.1) is 5.92 Å². The molecule has 39 heavy (non-hydrogen) atoms. The van der Waals surface area contributed by atoms with E-state index < -0.39 is 19.5 Å². The number of nitrogens with one attached hydrogen (secondary N) is 2. The van der Waals surface area contributed by atoms with Crippen molar-refractivity contribution in [2.75, 3.05) is 11.9 Å². The van der Waals surface area contributed by atoms with E-state index in [4.69, 9.17) is 14.0 Å². The first kappa shape index (κ1) is 29.1. The Morgan fingerprint density at radius 2 is 1.90 bits per heavy atom. The summed E-state index contributed by atoms with van der Waals surface area (Å²) >= 11 is 0. The van der Waals surface area contributed by atoms with Gasteiger partial charge in [0.25, 0.3) is 7.52 Å². The highest BCUT2D eigenvalue weighted by Gasteiger charge is 2.37. The molecule has 4 rings (SSSR count). The largest absolute Gasteiger partial charge is 0.462 e. The van der Waals surface area contributed by atoms with Crippen LogP contribution in [0.5, 0.6) is 0 Å². The number of rotatable bonds is 12. The maximum absolute atomic E-state index is 14.0. The lowest BCUT2D eigenvalue weighted by Crippen LogP contribution is -2.36. The Bertz CT molecular complexity index is 1300. The first-order valence-corrected chi connectivity index (χ1v) is 15.2. The number of carbonyl (C=O) groups excluding carboxylic acids is 1. The van der Waals surface area contributed by atoms with E-state index in [0.717, 1.165) is 5.56 Å². The van der Waals surface area contributed by atoms with Crippen LogP contribution in [0.1, 0.15) is 59.8 Å². The average molecular weight is 559 g/mol. The third-order valence-corrected chi connectivity index (χ3v) is 8.44. The molecule has 0 radical (unpaired) electrons. The number of anilines is 1. The maximum atomic E-state index is 14.0. The Morgan fingerprint density at radius 3 is 2.59 bits per heavy atom. The van der Waals surface area contributed by atoms with Gasteiger partial charge in [0.1, 0.15) is 18.6 Å². The van der Waals surface area contributed by atoms with Gasteiger partial charge in [-0.05, 0) is 46.6 Å². The van der Waals surface area contributed by atoms with Crippen molar-refractivity contribution in [3.8, 4) is 0 Å². The van der Waals surface area contributed by atoms with Crippen LogP contribution in [0.15, 0.2) is 43.0 Å². The summed E-state index contributed by atoms with van der Waals surface area (Å²) in [6.45, 7) is 11.5. The average Bonchev–Trinajstić information content (AvgIpc) is 3.46. The molecular formula is C27H39N6O5P. The monoisotopic (exact) mass is 558 g/mol. The quantitative estimate of drug-likeness (QED) is 0.234. The molecule has 5 atom stereocenters. The minimum Gasteiger partial charge on any atom is -0.462 e. The molecule has 1 saturated heterocycles. The summed E-state index contributed by atoms with van der Waals surface area (Å²) in [6.07, 6.45) is 3.18. The summed E-state index contributed by atoms with van der Waals surface area (Å²) in [4.78, 5) is 25.8. The normalized spacial score (nSPS) is 21.8. The Hall–Kier alpha value is -2.85. The lowest BCUT2D eigenvalue weighted by molar-refractivity contribution is -0.149. The van der Waals surface area contributed by atoms with Crippen LogP contribution < -0.4 is 10.4 Å². The van der Waals surface area contributed by atoms with E-state index in [1.54, 1.807) is 27.1 Å². The van der Waals surface area contributed by atoms with Crippen LogP contribution in [-0.4, -0.2) is 56.4 Å². The topological polar surface area (TPSA) is 129 Å². The molecule has 212 valence electrons. The summed E-state index contributed by atoms with van der Waals surface area (Å²) < 4.78 is 33.6. The molecular weight excluding hydrogens is 519 g/mol. The number of hydrogen-bond donors (Lipinski definition) is 2. The summed E-state index contributed by atoms with van der Waals surface area (Å²) in [5.41, 5.74) is 2.20. The summed E-state index contributed by atoms with van der Waals surface area (Å²) in [7, 11) is -3.48. The SMILES string of the molecule is CC(C)Nc1ncnc2c1ncn2[C@@H]1O[C@H](CO[P@@](=O)(Cc2ccccc2)N[C@@H](C)C(=O)OC(C)C)C[C@@H]1C. The zero-order valence-electron chi connectivity index (χ0n) is 23.4. The summed E-state index contributed by atoms with van der Waals surface area (Å²) in [5.74, 6) is 0.333. The molecule has 0 bridgehead atoms. The van der Waals surface area contributed by atoms with Crippen LogP contribution in [0.2, 0.25) is 0 Å². The fraction of sp³-hybridized carbons (Fsp3) is 0.556. The molecule has 0 amide bonds. The zero-order chi connectivity index (χ0) is 28.2. The van der Waals surface area contributed by atoms with Crippen molar-refractivity contribution in [3.05, 3.63) is 48.5 Å². The second-order valence-corrected chi connectivity index (χ2v) is 12.8. The number of esters is 1. The van der Waals surface area contributed by atoms with E-state index in [1.165, 1.54) is 6.33 Å². The van der Waals surface area contributed by atoms with Crippen molar-refractivity contribution >= 4 is 30.5 Å². The fourth-order valence-electron chi connectivity index (χ4n) is 4.62. The standard InChI is InChI=1S/C27H39N6O5P/c1-17(2)31-24-23-25(29-15-28-24)33(16-30-23)26-19(5)12-22(38-26)13-36-39(35,14-21-10-8-7-9-11-21)32-20(6)27(34)37-18(3)4/h7-11,15-20,22,26H,12-14H2,1-6H3,(H,32,35)(H,28,29,31)/t19-,20-,22-,26+,39-/m0/s1. The molecule has 11 nitrogen and oxygen atoms in total. The van der Waals surface area contributed by atoms with Gasteiger partial charge in [-0.15, -0.1) is 0 Å². The van der Waals surface area contributed by atoms with Gasteiger partial charge in [-0.25, -0.2) is 20.0 Å². The molecule has 3 aromatic rings. The lowest BCUT2D eigenvalue weighted by atomic mass is 10.1. The Labute approximate surface area is 229 Å². The van der Waals surface area contributed by atoms with Gasteiger partial charge >= 0.3 is 5.97 Å². The first-order valence-electron chi connectivity index (χ1n) is 13.4. The van der Waals surface area contributed by atoms with Gasteiger partial charge in [0, 0.05) is 12.0 Å². The maximum Gasteiger partial charge on any atom is 0.323 e. The molecule has 0 unspecified atom stereocenters. The smallest absolute Gasteiger partial charge is 0.323 e. The molecule has 0 aliphatic carbocycles. The second-order valence-electron chi connectivity index (χ2n) is 10.7. The minimum atomic E-state index is -3.48. The van der Waals surface area contributed by atoms with Gasteiger partial charge in [0.2, 0.25) is 0 Å². The highest BCUT2D eigenvalue weighted by molar-refractivity contribution is 7.56. The van der Waals surface area contributed by atoms with E-state index in [9.17, 15) is 9.36 Å². The van der Waals surface area contributed by atoms with Gasteiger partial charge in [-0.3, -0.25) is 13.9 Å². The third-order valence-electron chi connectivity index (χ3n) is 6.31. The van der Waals surface area contributed by atoms with E-state index in [2.05, 4.69) is 32.3 Å². The van der Waals surface area contributed by atoms with Crippen LogP contribution in [0.3, 0.4) is 0 Å². The van der Waals surface area contributed by atoms with Gasteiger partial charge in [0.05, 0.1) is 31.3 Å². The molecule has 1 aliphatic heterocycles. The first-order chi connectivity index (χ1) is 18.5. The number of fused-ring (bicyclic) bond motifs is 1. The van der Waals surface area contributed by atoms with E-state index >= 15 is 0 Å². The van der Waals surface area contributed by atoms with Crippen molar-refractivity contribution in [1.29, 1.82) is 0 Å². The molecule has 12 heteroatoms. The lowest BCUT2D eigenvalue weighted by Gasteiger charge is -2.25. The fourth-order valence-corrected chi connectivity index (χ4v) is 6.67. The number of hydrogen-bond acceptors (Lipinski definition) is 9. The zero-order valence-corrected chi connectivity index (χ0v) is 24.3. The van der Waals surface area contributed by atoms with Crippen LogP contribution in [0.25, 0.3) is 11.2 Å². The van der Waals surface area contributed by atoms with E-state index in [-0.39, 0.29) is 43.2 Å². The molecule has 1 aromatic carbocycles. The number of ether oxygens (including phenoxy) is 2. The second kappa shape index (κ2) is 12.6. The number of benzene rings is 1. The van der Waals surface area contributed by atoms with Crippen LogP contribution in [0.4, 0.5) is 5.82 Å². The number of carbonyl (C=O) groups is 1. The molecule has 1 fully saturated rings. The van der Waals surface area contributed by atoms with E-state index in [1.807, 2.05) is 48.7 Å². The number of nitrogens with zero attached hydrogens (tertiary/aromatic N) is 4. The van der Waals surface area contributed by atoms with Crippen LogP contribution >= 0.6 is 7.52 Å². The summed E-state index contributed by atoms with van der Waals surface area (Å²) in [6, 6.07) is 8.81. The van der Waals surface area contributed by atoms with Crippen LogP contribution in [-0.2, 0) is 29.5 Å². The molecule has 1 aliphatic rings.